The van der Waals surface area contributed by atoms with Crippen LogP contribution in [0.4, 0.5) is 5.69 Å². The molecule has 1 aliphatic heterocycles. The molecule has 0 radical (unpaired) electrons. The van der Waals surface area contributed by atoms with E-state index in [9.17, 15) is 0 Å². The molecule has 2 heterocycles. The van der Waals surface area contributed by atoms with Crippen molar-refractivity contribution in [2.45, 2.75) is 32.4 Å². The second kappa shape index (κ2) is 8.21. The molecule has 0 bridgehead atoms. The number of hydrogen-bond donors (Lipinski definition) is 1. The molecular weight excluding hydrogens is 354 g/mol. The van der Waals surface area contributed by atoms with Crippen LogP contribution in [0.15, 0.2) is 41.0 Å². The van der Waals surface area contributed by atoms with Crippen molar-refractivity contribution in [2.24, 2.45) is 0 Å². The summed E-state index contributed by atoms with van der Waals surface area (Å²) >= 11 is 12.1. The van der Waals surface area contributed by atoms with Crippen LogP contribution in [0, 0.1) is 6.92 Å². The van der Waals surface area contributed by atoms with E-state index >= 15 is 0 Å². The quantitative estimate of drug-likeness (QED) is 0.791. The van der Waals surface area contributed by atoms with Gasteiger partial charge in [-0.3, -0.25) is 0 Å². The highest BCUT2D eigenvalue weighted by molar-refractivity contribution is 7.80. The standard InChI is InChI=1S/C19H24ClN3OS/c1-14-5-3-7-17(20)18(14)21-19(25)23(13-16-6-4-12-24-16)15-8-10-22(2)11-9-15/h3-7,12,15H,8-11,13H2,1-2H3,(H,21,25). The summed E-state index contributed by atoms with van der Waals surface area (Å²) < 4.78 is 5.56. The van der Waals surface area contributed by atoms with Crippen LogP contribution >= 0.6 is 23.8 Å². The lowest BCUT2D eigenvalue weighted by atomic mass is 10.0. The minimum Gasteiger partial charge on any atom is -0.467 e. The third-order valence-corrected chi connectivity index (χ3v) is 5.40. The van der Waals surface area contributed by atoms with Gasteiger partial charge in [-0.25, -0.2) is 0 Å². The Kier molecular flexibility index (Phi) is 5.99. The maximum Gasteiger partial charge on any atom is 0.174 e. The average Bonchev–Trinajstić information content (AvgIpc) is 3.10. The van der Waals surface area contributed by atoms with Gasteiger partial charge in [-0.15, -0.1) is 0 Å². The second-order valence-corrected chi connectivity index (χ2v) is 7.40. The predicted molar refractivity (Wildman–Crippen MR) is 107 cm³/mol. The van der Waals surface area contributed by atoms with E-state index in [1.54, 1.807) is 6.26 Å². The topological polar surface area (TPSA) is 31.6 Å². The first-order valence-corrected chi connectivity index (χ1v) is 9.37. The summed E-state index contributed by atoms with van der Waals surface area (Å²) in [6.45, 7) is 4.85. The Hall–Kier alpha value is -1.56. The first-order valence-electron chi connectivity index (χ1n) is 8.58. The number of furan rings is 1. The summed E-state index contributed by atoms with van der Waals surface area (Å²) in [7, 11) is 2.16. The maximum absolute atomic E-state index is 6.36. The monoisotopic (exact) mass is 377 g/mol. The van der Waals surface area contributed by atoms with Crippen LogP contribution in [-0.4, -0.2) is 41.1 Å². The molecule has 1 saturated heterocycles. The number of halogens is 1. The number of anilines is 1. The van der Waals surface area contributed by atoms with Crippen LogP contribution in [0.1, 0.15) is 24.2 Å². The first-order chi connectivity index (χ1) is 12.0. The molecule has 0 spiro atoms. The lowest BCUT2D eigenvalue weighted by Crippen LogP contribution is -2.47. The number of para-hydroxylation sites is 1. The van der Waals surface area contributed by atoms with E-state index in [0.29, 0.717) is 22.7 Å². The van der Waals surface area contributed by atoms with Crippen LogP contribution in [0.2, 0.25) is 5.02 Å². The molecule has 0 atom stereocenters. The Morgan fingerprint density at radius 3 is 2.72 bits per heavy atom. The Bertz CT molecular complexity index is 691. The molecule has 25 heavy (non-hydrogen) atoms. The molecule has 134 valence electrons. The molecule has 0 unspecified atom stereocenters. The molecule has 1 fully saturated rings. The van der Waals surface area contributed by atoms with Gasteiger partial charge in [0.25, 0.3) is 0 Å². The Labute approximate surface area is 159 Å². The molecule has 1 aromatic heterocycles. The van der Waals surface area contributed by atoms with Crippen molar-refractivity contribution in [3.8, 4) is 0 Å². The van der Waals surface area contributed by atoms with Gasteiger partial charge in [0.2, 0.25) is 0 Å². The van der Waals surface area contributed by atoms with E-state index in [0.717, 1.165) is 42.9 Å². The molecule has 3 rings (SSSR count). The highest BCUT2D eigenvalue weighted by atomic mass is 35.5. The molecule has 1 N–H and O–H groups in total. The number of likely N-dealkylation sites (tertiary alicyclic amines) is 1. The van der Waals surface area contributed by atoms with Crippen molar-refractivity contribution < 1.29 is 4.42 Å². The van der Waals surface area contributed by atoms with E-state index in [-0.39, 0.29) is 0 Å². The largest absolute Gasteiger partial charge is 0.467 e. The number of rotatable bonds is 4. The lowest BCUT2D eigenvalue weighted by molar-refractivity contribution is 0.168. The van der Waals surface area contributed by atoms with E-state index in [2.05, 4.69) is 22.2 Å². The van der Waals surface area contributed by atoms with E-state index in [1.807, 2.05) is 37.3 Å². The van der Waals surface area contributed by atoms with Gasteiger partial charge >= 0.3 is 0 Å². The Morgan fingerprint density at radius 2 is 2.08 bits per heavy atom. The smallest absolute Gasteiger partial charge is 0.174 e. The number of nitrogens with one attached hydrogen (secondary N) is 1. The highest BCUT2D eigenvalue weighted by Gasteiger charge is 2.26. The van der Waals surface area contributed by atoms with Crippen molar-refractivity contribution in [3.63, 3.8) is 0 Å². The fourth-order valence-electron chi connectivity index (χ4n) is 3.21. The Balaban J connectivity index is 1.79. The minimum atomic E-state index is 0.393. The molecule has 2 aromatic rings. The molecule has 1 aliphatic rings. The van der Waals surface area contributed by atoms with Crippen LogP contribution < -0.4 is 5.32 Å². The number of nitrogens with zero attached hydrogens (tertiary/aromatic N) is 2. The first kappa shape index (κ1) is 18.2. The summed E-state index contributed by atoms with van der Waals surface area (Å²) in [5, 5.41) is 4.75. The molecule has 0 aliphatic carbocycles. The van der Waals surface area contributed by atoms with Gasteiger partial charge in [0.15, 0.2) is 5.11 Å². The van der Waals surface area contributed by atoms with Crippen LogP contribution in [0.3, 0.4) is 0 Å². The number of hydrogen-bond acceptors (Lipinski definition) is 3. The van der Waals surface area contributed by atoms with E-state index in [1.165, 1.54) is 0 Å². The Morgan fingerprint density at radius 1 is 1.32 bits per heavy atom. The number of piperidine rings is 1. The zero-order valence-electron chi connectivity index (χ0n) is 14.7. The molecule has 0 amide bonds. The van der Waals surface area contributed by atoms with Crippen molar-refractivity contribution in [1.82, 2.24) is 9.80 Å². The minimum absolute atomic E-state index is 0.393. The summed E-state index contributed by atoms with van der Waals surface area (Å²) in [6.07, 6.45) is 3.87. The fraction of sp³-hybridized carbons (Fsp3) is 0.421. The van der Waals surface area contributed by atoms with Crippen LogP contribution in [-0.2, 0) is 6.54 Å². The molecular formula is C19H24ClN3OS. The number of thiocarbonyl (C=S) groups is 1. The van der Waals surface area contributed by atoms with Gasteiger partial charge in [0.1, 0.15) is 5.76 Å². The van der Waals surface area contributed by atoms with Crippen molar-refractivity contribution in [2.75, 3.05) is 25.5 Å². The zero-order chi connectivity index (χ0) is 17.8. The van der Waals surface area contributed by atoms with E-state index < -0.39 is 0 Å². The molecule has 6 heteroatoms. The summed E-state index contributed by atoms with van der Waals surface area (Å²) in [5.41, 5.74) is 1.96. The van der Waals surface area contributed by atoms with E-state index in [4.69, 9.17) is 28.2 Å². The van der Waals surface area contributed by atoms with Gasteiger partial charge in [-0.05, 0) is 75.9 Å². The average molecular weight is 378 g/mol. The maximum atomic E-state index is 6.36. The summed E-state index contributed by atoms with van der Waals surface area (Å²) in [5.74, 6) is 0.916. The molecule has 4 nitrogen and oxygen atoms in total. The third kappa shape index (κ3) is 4.54. The van der Waals surface area contributed by atoms with Crippen molar-refractivity contribution in [1.29, 1.82) is 0 Å². The normalized spacial score (nSPS) is 16.0. The van der Waals surface area contributed by atoms with Crippen LogP contribution in [0.5, 0.6) is 0 Å². The van der Waals surface area contributed by atoms with Crippen LogP contribution in [0.25, 0.3) is 0 Å². The zero-order valence-corrected chi connectivity index (χ0v) is 16.2. The van der Waals surface area contributed by atoms with Gasteiger partial charge in [-0.1, -0.05) is 23.7 Å². The third-order valence-electron chi connectivity index (χ3n) is 4.75. The van der Waals surface area contributed by atoms with Gasteiger partial charge in [0.05, 0.1) is 23.5 Å². The van der Waals surface area contributed by atoms with Gasteiger partial charge < -0.3 is 19.5 Å². The van der Waals surface area contributed by atoms with Gasteiger partial charge in [0, 0.05) is 6.04 Å². The SMILES string of the molecule is Cc1cccc(Cl)c1NC(=S)N(Cc1ccco1)C1CCN(C)CC1. The van der Waals surface area contributed by atoms with Crippen molar-refractivity contribution >= 4 is 34.6 Å². The number of benzene rings is 1. The number of aryl methyl sites for hydroxylation is 1. The molecule has 1 aromatic carbocycles. The van der Waals surface area contributed by atoms with Crippen molar-refractivity contribution in [3.05, 3.63) is 52.9 Å². The summed E-state index contributed by atoms with van der Waals surface area (Å²) in [4.78, 5) is 4.60. The molecule has 0 saturated carbocycles. The second-order valence-electron chi connectivity index (χ2n) is 6.60. The fourth-order valence-corrected chi connectivity index (χ4v) is 3.80. The van der Waals surface area contributed by atoms with Gasteiger partial charge in [-0.2, -0.15) is 0 Å². The lowest BCUT2D eigenvalue weighted by Gasteiger charge is -2.38. The highest BCUT2D eigenvalue weighted by Crippen LogP contribution is 2.27. The predicted octanol–water partition coefficient (Wildman–Crippen LogP) is 4.53. The summed E-state index contributed by atoms with van der Waals surface area (Å²) in [6, 6.07) is 10.2.